The predicted octanol–water partition coefficient (Wildman–Crippen LogP) is 3.84. The zero-order chi connectivity index (χ0) is 15.4. The van der Waals surface area contributed by atoms with Crippen molar-refractivity contribution in [2.24, 2.45) is 0 Å². The predicted molar refractivity (Wildman–Crippen MR) is 85.5 cm³/mol. The molecule has 0 bridgehead atoms. The molecule has 1 saturated heterocycles. The first-order valence-electron chi connectivity index (χ1n) is 7.64. The van der Waals surface area contributed by atoms with Crippen LogP contribution in [0.25, 0.3) is 0 Å². The van der Waals surface area contributed by atoms with Crippen molar-refractivity contribution < 1.29 is 14.3 Å². The van der Waals surface area contributed by atoms with Crippen molar-refractivity contribution in [3.05, 3.63) is 65.7 Å². The minimum Gasteiger partial charge on any atom is -0.497 e. The molecule has 1 heterocycles. The number of ketones is 1. The molecule has 114 valence electrons. The number of carbonyl (C=O) groups is 1. The van der Waals surface area contributed by atoms with Crippen LogP contribution in [0.15, 0.2) is 54.6 Å². The molecule has 2 aromatic rings. The van der Waals surface area contributed by atoms with Crippen LogP contribution in [0.2, 0.25) is 0 Å². The molecule has 3 rings (SSSR count). The Morgan fingerprint density at radius 2 is 1.86 bits per heavy atom. The summed E-state index contributed by atoms with van der Waals surface area (Å²) in [5.74, 6) is 0.628. The van der Waals surface area contributed by atoms with Crippen LogP contribution in [0.3, 0.4) is 0 Å². The van der Waals surface area contributed by atoms with Crippen LogP contribution in [0.5, 0.6) is 5.75 Å². The molecule has 0 saturated carbocycles. The van der Waals surface area contributed by atoms with Gasteiger partial charge in [-0.3, -0.25) is 4.79 Å². The fourth-order valence-electron chi connectivity index (χ4n) is 3.00. The van der Waals surface area contributed by atoms with E-state index in [2.05, 4.69) is 0 Å². The Bertz CT molecular complexity index is 613. The van der Waals surface area contributed by atoms with Gasteiger partial charge in [0.05, 0.1) is 19.1 Å². The van der Waals surface area contributed by atoms with Gasteiger partial charge in [0.2, 0.25) is 0 Å². The summed E-state index contributed by atoms with van der Waals surface area (Å²) in [5.41, 5.74) is 1.72. The third kappa shape index (κ3) is 3.04. The lowest BCUT2D eigenvalue weighted by Crippen LogP contribution is -2.26. The molecule has 2 unspecified atom stereocenters. The van der Waals surface area contributed by atoms with Gasteiger partial charge < -0.3 is 9.47 Å². The maximum Gasteiger partial charge on any atom is 0.172 e. The molecule has 2 atom stereocenters. The van der Waals surface area contributed by atoms with Crippen molar-refractivity contribution in [2.75, 3.05) is 13.7 Å². The number of hydrogen-bond acceptors (Lipinski definition) is 3. The monoisotopic (exact) mass is 296 g/mol. The molecule has 3 heteroatoms. The van der Waals surface area contributed by atoms with Crippen molar-refractivity contribution in [1.29, 1.82) is 0 Å². The van der Waals surface area contributed by atoms with Gasteiger partial charge in [-0.2, -0.15) is 0 Å². The van der Waals surface area contributed by atoms with Gasteiger partial charge >= 0.3 is 0 Å². The molecular formula is C19H20O3. The van der Waals surface area contributed by atoms with Gasteiger partial charge in [0.1, 0.15) is 5.75 Å². The maximum atomic E-state index is 13.0. The summed E-state index contributed by atoms with van der Waals surface area (Å²) in [4.78, 5) is 13.0. The Labute approximate surface area is 130 Å². The lowest BCUT2D eigenvalue weighted by atomic mass is 9.85. The Hall–Kier alpha value is -2.13. The smallest absolute Gasteiger partial charge is 0.172 e. The third-order valence-corrected chi connectivity index (χ3v) is 4.15. The molecule has 1 aliphatic rings. The minimum absolute atomic E-state index is 0.0306. The summed E-state index contributed by atoms with van der Waals surface area (Å²) < 4.78 is 11.0. The molecule has 0 amide bonds. The average molecular weight is 296 g/mol. The Morgan fingerprint density at radius 1 is 1.14 bits per heavy atom. The van der Waals surface area contributed by atoms with E-state index >= 15 is 0 Å². The van der Waals surface area contributed by atoms with E-state index in [0.717, 1.165) is 30.8 Å². The van der Waals surface area contributed by atoms with Crippen molar-refractivity contribution in [3.8, 4) is 5.75 Å². The minimum atomic E-state index is -0.239. The molecule has 1 aliphatic heterocycles. The second kappa shape index (κ2) is 6.75. The van der Waals surface area contributed by atoms with E-state index < -0.39 is 0 Å². The average Bonchev–Trinajstić information content (AvgIpc) is 3.10. The third-order valence-electron chi connectivity index (χ3n) is 4.15. The molecule has 2 aromatic carbocycles. The molecule has 22 heavy (non-hydrogen) atoms. The fraction of sp³-hybridized carbons (Fsp3) is 0.316. The number of benzene rings is 2. The summed E-state index contributed by atoms with van der Waals surface area (Å²) in [6, 6.07) is 17.2. The summed E-state index contributed by atoms with van der Waals surface area (Å²) >= 11 is 0. The fourth-order valence-corrected chi connectivity index (χ4v) is 3.00. The highest BCUT2D eigenvalue weighted by Gasteiger charge is 2.33. The number of ether oxygens (including phenoxy) is 2. The van der Waals surface area contributed by atoms with E-state index in [1.807, 2.05) is 54.6 Å². The molecule has 3 nitrogen and oxygen atoms in total. The lowest BCUT2D eigenvalue weighted by Gasteiger charge is -2.22. The Balaban J connectivity index is 1.92. The number of hydrogen-bond donors (Lipinski definition) is 0. The van der Waals surface area contributed by atoms with Crippen molar-refractivity contribution >= 4 is 5.78 Å². The Kier molecular flexibility index (Phi) is 4.54. The van der Waals surface area contributed by atoms with E-state index in [9.17, 15) is 4.79 Å². The second-order valence-electron chi connectivity index (χ2n) is 5.53. The maximum absolute atomic E-state index is 13.0. The van der Waals surface area contributed by atoms with Gasteiger partial charge in [0.25, 0.3) is 0 Å². The first-order valence-corrected chi connectivity index (χ1v) is 7.64. The van der Waals surface area contributed by atoms with Crippen LogP contribution in [0, 0.1) is 0 Å². The molecule has 0 N–H and O–H groups in total. The topological polar surface area (TPSA) is 35.5 Å². The highest BCUT2D eigenvalue weighted by molar-refractivity contribution is 6.01. The largest absolute Gasteiger partial charge is 0.497 e. The molecule has 0 aliphatic carbocycles. The second-order valence-corrected chi connectivity index (χ2v) is 5.53. The van der Waals surface area contributed by atoms with E-state index in [4.69, 9.17) is 9.47 Å². The van der Waals surface area contributed by atoms with Crippen LogP contribution < -0.4 is 4.74 Å². The van der Waals surface area contributed by atoms with E-state index in [1.165, 1.54) is 0 Å². The molecule has 0 spiro atoms. The van der Waals surface area contributed by atoms with Crippen molar-refractivity contribution in [3.63, 3.8) is 0 Å². The quantitative estimate of drug-likeness (QED) is 0.786. The summed E-state index contributed by atoms with van der Waals surface area (Å²) in [6.45, 7) is 0.740. The zero-order valence-electron chi connectivity index (χ0n) is 12.7. The Morgan fingerprint density at radius 3 is 2.45 bits per heavy atom. The highest BCUT2D eigenvalue weighted by Crippen LogP contribution is 2.32. The van der Waals surface area contributed by atoms with Crippen LogP contribution >= 0.6 is 0 Å². The summed E-state index contributed by atoms with van der Waals surface area (Å²) in [7, 11) is 1.62. The van der Waals surface area contributed by atoms with Gasteiger partial charge in [-0.1, -0.05) is 30.3 Å². The SMILES string of the molecule is COc1ccc(C(=O)C(c2ccccc2)C2CCCO2)cc1. The zero-order valence-corrected chi connectivity index (χ0v) is 12.7. The summed E-state index contributed by atoms with van der Waals surface area (Å²) in [5, 5.41) is 0. The summed E-state index contributed by atoms with van der Waals surface area (Å²) in [6.07, 6.45) is 1.92. The molecular weight excluding hydrogens is 276 g/mol. The van der Waals surface area contributed by atoms with Crippen LogP contribution in [0.4, 0.5) is 0 Å². The molecule has 0 aromatic heterocycles. The standard InChI is InChI=1S/C19H20O3/c1-21-16-11-9-15(10-12-16)19(20)18(17-8-5-13-22-17)14-6-3-2-4-7-14/h2-4,6-7,9-12,17-18H,5,8,13H2,1H3. The van der Waals surface area contributed by atoms with Crippen LogP contribution in [-0.4, -0.2) is 25.6 Å². The van der Waals surface area contributed by atoms with Gasteiger partial charge in [-0.15, -0.1) is 0 Å². The molecule has 1 fully saturated rings. The van der Waals surface area contributed by atoms with E-state index in [0.29, 0.717) is 5.56 Å². The number of rotatable bonds is 5. The first-order chi connectivity index (χ1) is 10.8. The van der Waals surface area contributed by atoms with Gasteiger partial charge in [0, 0.05) is 12.2 Å². The van der Waals surface area contributed by atoms with Crippen LogP contribution in [-0.2, 0) is 4.74 Å². The lowest BCUT2D eigenvalue weighted by molar-refractivity contribution is 0.0676. The van der Waals surface area contributed by atoms with Crippen molar-refractivity contribution in [1.82, 2.24) is 0 Å². The van der Waals surface area contributed by atoms with Gasteiger partial charge in [-0.05, 0) is 42.7 Å². The first kappa shape index (κ1) is 14.8. The molecule has 0 radical (unpaired) electrons. The van der Waals surface area contributed by atoms with Gasteiger partial charge in [0.15, 0.2) is 5.78 Å². The van der Waals surface area contributed by atoms with Gasteiger partial charge in [-0.25, -0.2) is 0 Å². The van der Waals surface area contributed by atoms with Crippen molar-refractivity contribution in [2.45, 2.75) is 24.9 Å². The van der Waals surface area contributed by atoms with E-state index in [-0.39, 0.29) is 17.8 Å². The number of carbonyl (C=O) groups excluding carboxylic acids is 1. The van der Waals surface area contributed by atoms with E-state index in [1.54, 1.807) is 7.11 Å². The van der Waals surface area contributed by atoms with Crippen LogP contribution in [0.1, 0.15) is 34.7 Å². The highest BCUT2D eigenvalue weighted by atomic mass is 16.5. The number of methoxy groups -OCH3 is 1. The normalized spacial score (nSPS) is 18.9. The number of Topliss-reactive ketones (excluding diaryl/α,β-unsaturated/α-hetero) is 1.